The van der Waals surface area contributed by atoms with E-state index in [1.165, 1.54) is 21.6 Å². The molecule has 0 amide bonds. The van der Waals surface area contributed by atoms with Crippen LogP contribution in [0.4, 0.5) is 5.82 Å². The van der Waals surface area contributed by atoms with Crippen LogP contribution in [-0.4, -0.2) is 33.9 Å². The lowest BCUT2D eigenvalue weighted by Gasteiger charge is -2.16. The Labute approximate surface area is 172 Å². The fraction of sp³-hybridized carbons (Fsp3) is 0.227. The van der Waals surface area contributed by atoms with E-state index in [9.17, 15) is 4.79 Å². The number of anilines is 1. The zero-order valence-corrected chi connectivity index (χ0v) is 16.9. The molecule has 1 atom stereocenters. The van der Waals surface area contributed by atoms with Crippen LogP contribution in [0.2, 0.25) is 0 Å². The number of rotatable bonds is 3. The molecule has 0 unspecified atom stereocenters. The van der Waals surface area contributed by atoms with Crippen LogP contribution in [-0.2, 0) is 0 Å². The van der Waals surface area contributed by atoms with Crippen molar-refractivity contribution in [2.75, 3.05) is 18.0 Å². The van der Waals surface area contributed by atoms with Crippen molar-refractivity contribution in [2.24, 2.45) is 5.73 Å². The van der Waals surface area contributed by atoms with Crippen LogP contribution >= 0.6 is 11.3 Å². The number of thiophene rings is 1. The molecule has 4 aromatic rings. The lowest BCUT2D eigenvalue weighted by atomic mass is 10.1. The number of aromatic nitrogens is 3. The van der Waals surface area contributed by atoms with Gasteiger partial charge in [0.1, 0.15) is 10.5 Å². The molecule has 3 aromatic heterocycles. The summed E-state index contributed by atoms with van der Waals surface area (Å²) in [5, 5.41) is 5.24. The predicted octanol–water partition coefficient (Wildman–Crippen LogP) is 3.36. The molecular formula is C22H21N5OS. The fourth-order valence-electron chi connectivity index (χ4n) is 3.67. The van der Waals surface area contributed by atoms with Gasteiger partial charge in [0, 0.05) is 29.4 Å². The van der Waals surface area contributed by atoms with Crippen molar-refractivity contribution in [3.05, 3.63) is 70.8 Å². The second kappa shape index (κ2) is 7.09. The summed E-state index contributed by atoms with van der Waals surface area (Å²) in [6.07, 6.45) is 4.43. The van der Waals surface area contributed by atoms with Crippen molar-refractivity contribution >= 4 is 27.2 Å². The summed E-state index contributed by atoms with van der Waals surface area (Å²) < 4.78 is 2.12. The van der Waals surface area contributed by atoms with Crippen LogP contribution < -0.4 is 16.2 Å². The standard InChI is InChI=1S/C22H21N5OS/c1-14-2-4-15(5-3-14)19-10-16-11-25-27(22(28)21(16)29-19)18-6-7-20(24-12-18)26-9-8-17(23)13-26/h2-7,10-12,17H,8-9,13,23H2,1H3/t17-/m1/s1. The molecule has 1 aliphatic heterocycles. The van der Waals surface area contributed by atoms with Crippen LogP contribution in [0.5, 0.6) is 0 Å². The molecule has 1 fully saturated rings. The van der Waals surface area contributed by atoms with Crippen LogP contribution in [0.15, 0.2) is 59.7 Å². The quantitative estimate of drug-likeness (QED) is 0.568. The Kier molecular flexibility index (Phi) is 4.41. The maximum atomic E-state index is 13.1. The highest BCUT2D eigenvalue weighted by atomic mass is 32.1. The first-order chi connectivity index (χ1) is 14.1. The molecule has 0 spiro atoms. The second-order valence-electron chi connectivity index (χ2n) is 7.49. The summed E-state index contributed by atoms with van der Waals surface area (Å²) in [5.74, 6) is 0.883. The number of nitrogens with two attached hydrogens (primary N) is 1. The normalized spacial score (nSPS) is 16.6. The van der Waals surface area contributed by atoms with E-state index in [4.69, 9.17) is 5.73 Å². The second-order valence-corrected chi connectivity index (χ2v) is 8.54. The zero-order chi connectivity index (χ0) is 20.0. The number of hydrogen-bond acceptors (Lipinski definition) is 6. The highest BCUT2D eigenvalue weighted by Gasteiger charge is 2.20. The molecule has 29 heavy (non-hydrogen) atoms. The molecule has 1 saturated heterocycles. The molecule has 5 rings (SSSR count). The minimum atomic E-state index is -0.122. The zero-order valence-electron chi connectivity index (χ0n) is 16.1. The first-order valence-corrected chi connectivity index (χ1v) is 10.5. The SMILES string of the molecule is Cc1ccc(-c2cc3cnn(-c4ccc(N5CC[C@@H](N)C5)nc4)c(=O)c3s2)cc1. The van der Waals surface area contributed by atoms with Crippen molar-refractivity contribution in [1.29, 1.82) is 0 Å². The van der Waals surface area contributed by atoms with E-state index in [2.05, 4.69) is 46.2 Å². The van der Waals surface area contributed by atoms with E-state index in [0.717, 1.165) is 41.2 Å². The summed E-state index contributed by atoms with van der Waals surface area (Å²) in [6, 6.07) is 14.4. The number of benzene rings is 1. The van der Waals surface area contributed by atoms with Gasteiger partial charge in [0.05, 0.1) is 18.1 Å². The Morgan fingerprint density at radius 2 is 1.97 bits per heavy atom. The third-order valence-electron chi connectivity index (χ3n) is 5.32. The van der Waals surface area contributed by atoms with Crippen molar-refractivity contribution in [3.8, 4) is 16.1 Å². The fourth-order valence-corrected chi connectivity index (χ4v) is 4.73. The molecular weight excluding hydrogens is 382 g/mol. The van der Waals surface area contributed by atoms with E-state index in [1.807, 2.05) is 18.2 Å². The average Bonchev–Trinajstić information content (AvgIpc) is 3.36. The van der Waals surface area contributed by atoms with Crippen LogP contribution in [0, 0.1) is 6.92 Å². The third-order valence-corrected chi connectivity index (χ3v) is 6.51. The van der Waals surface area contributed by atoms with Gasteiger partial charge in [-0.15, -0.1) is 11.3 Å². The van der Waals surface area contributed by atoms with Crippen molar-refractivity contribution in [3.63, 3.8) is 0 Å². The van der Waals surface area contributed by atoms with Crippen molar-refractivity contribution in [1.82, 2.24) is 14.8 Å². The summed E-state index contributed by atoms with van der Waals surface area (Å²) in [4.78, 5) is 20.8. The largest absolute Gasteiger partial charge is 0.355 e. The number of fused-ring (bicyclic) bond motifs is 1. The summed E-state index contributed by atoms with van der Waals surface area (Å²) >= 11 is 1.50. The Morgan fingerprint density at radius 3 is 2.66 bits per heavy atom. The van der Waals surface area contributed by atoms with E-state index >= 15 is 0 Å². The van der Waals surface area contributed by atoms with Crippen molar-refractivity contribution in [2.45, 2.75) is 19.4 Å². The Balaban J connectivity index is 1.50. The van der Waals surface area contributed by atoms with Crippen LogP contribution in [0.3, 0.4) is 0 Å². The van der Waals surface area contributed by atoms with Gasteiger partial charge < -0.3 is 10.6 Å². The molecule has 0 aliphatic carbocycles. The lowest BCUT2D eigenvalue weighted by molar-refractivity contribution is 0.751. The van der Waals surface area contributed by atoms with Gasteiger partial charge in [0.2, 0.25) is 0 Å². The number of hydrogen-bond donors (Lipinski definition) is 1. The third kappa shape index (κ3) is 3.32. The Bertz CT molecular complexity index is 1230. The van der Waals surface area contributed by atoms with Gasteiger partial charge in [-0.1, -0.05) is 29.8 Å². The molecule has 1 aromatic carbocycles. The van der Waals surface area contributed by atoms with E-state index in [-0.39, 0.29) is 11.6 Å². The molecule has 6 nitrogen and oxygen atoms in total. The summed E-state index contributed by atoms with van der Waals surface area (Å²) in [7, 11) is 0. The van der Waals surface area contributed by atoms with Gasteiger partial charge in [-0.2, -0.15) is 9.78 Å². The smallest absolute Gasteiger partial charge is 0.289 e. The molecule has 0 radical (unpaired) electrons. The van der Waals surface area contributed by atoms with Gasteiger partial charge >= 0.3 is 0 Å². The Hall–Kier alpha value is -3.03. The van der Waals surface area contributed by atoms with Gasteiger partial charge in [-0.05, 0) is 37.1 Å². The van der Waals surface area contributed by atoms with E-state index < -0.39 is 0 Å². The number of pyridine rings is 1. The Morgan fingerprint density at radius 1 is 1.14 bits per heavy atom. The van der Waals surface area contributed by atoms with E-state index in [1.54, 1.807) is 12.4 Å². The highest BCUT2D eigenvalue weighted by Crippen LogP contribution is 2.31. The molecule has 146 valence electrons. The summed E-state index contributed by atoms with van der Waals surface area (Å²) in [6.45, 7) is 3.79. The average molecular weight is 404 g/mol. The minimum absolute atomic E-state index is 0.122. The molecule has 1 aliphatic rings. The predicted molar refractivity (Wildman–Crippen MR) is 118 cm³/mol. The minimum Gasteiger partial charge on any atom is -0.355 e. The first kappa shape index (κ1) is 18.0. The van der Waals surface area contributed by atoms with Gasteiger partial charge in [-0.3, -0.25) is 4.79 Å². The molecule has 4 heterocycles. The van der Waals surface area contributed by atoms with Gasteiger partial charge in [0.25, 0.3) is 5.56 Å². The maximum Gasteiger partial charge on any atom is 0.289 e. The lowest BCUT2D eigenvalue weighted by Crippen LogP contribution is -2.27. The first-order valence-electron chi connectivity index (χ1n) is 9.64. The van der Waals surface area contributed by atoms with Gasteiger partial charge in [0.15, 0.2) is 0 Å². The summed E-state index contributed by atoms with van der Waals surface area (Å²) in [5.41, 5.74) is 8.85. The number of nitrogens with zero attached hydrogens (tertiary/aromatic N) is 4. The molecule has 0 bridgehead atoms. The van der Waals surface area contributed by atoms with Crippen LogP contribution in [0.1, 0.15) is 12.0 Å². The van der Waals surface area contributed by atoms with Crippen molar-refractivity contribution < 1.29 is 0 Å². The van der Waals surface area contributed by atoms with Gasteiger partial charge in [-0.25, -0.2) is 4.98 Å². The van der Waals surface area contributed by atoms with Crippen LogP contribution in [0.25, 0.3) is 26.2 Å². The molecule has 0 saturated carbocycles. The maximum absolute atomic E-state index is 13.1. The highest BCUT2D eigenvalue weighted by molar-refractivity contribution is 7.22. The number of aryl methyl sites for hydroxylation is 1. The molecule has 2 N–H and O–H groups in total. The monoisotopic (exact) mass is 403 g/mol. The topological polar surface area (TPSA) is 77.0 Å². The molecule has 7 heteroatoms. The van der Waals surface area contributed by atoms with E-state index in [0.29, 0.717) is 10.4 Å².